The lowest BCUT2D eigenvalue weighted by Gasteiger charge is -2.25. The third-order valence-electron chi connectivity index (χ3n) is 2.59. The highest BCUT2D eigenvalue weighted by atomic mass is 35.5. The van der Waals surface area contributed by atoms with Crippen molar-refractivity contribution in [1.29, 1.82) is 0 Å². The molecule has 0 heterocycles. The molecule has 2 atom stereocenters. The summed E-state index contributed by atoms with van der Waals surface area (Å²) in [5.74, 6) is -1.05. The van der Waals surface area contributed by atoms with Gasteiger partial charge in [-0.15, -0.1) is 0 Å². The number of hydrogen-bond acceptors (Lipinski definition) is 2. The van der Waals surface area contributed by atoms with Crippen LogP contribution < -0.4 is 0 Å². The molecule has 0 saturated carbocycles. The van der Waals surface area contributed by atoms with E-state index in [0.29, 0.717) is 0 Å². The van der Waals surface area contributed by atoms with E-state index in [1.807, 2.05) is 0 Å². The minimum Gasteiger partial charge on any atom is -0.228 e. The number of rotatable bonds is 2. The zero-order valence-corrected chi connectivity index (χ0v) is 10.4. The summed E-state index contributed by atoms with van der Waals surface area (Å²) in [6.07, 6.45) is 2.51. The van der Waals surface area contributed by atoms with Crippen molar-refractivity contribution in [2.24, 2.45) is 5.92 Å². The molecule has 86 valence electrons. The first-order chi connectivity index (χ1) is 6.78. The maximum Gasteiger partial charge on any atom is 0.159 e. The van der Waals surface area contributed by atoms with Gasteiger partial charge in [0.05, 0.1) is 15.5 Å². The molecule has 2 unspecified atom stereocenters. The fraction of sp³-hybridized carbons (Fsp3) is 0.600. The largest absolute Gasteiger partial charge is 0.228 e. The third kappa shape index (κ3) is 2.26. The van der Waals surface area contributed by atoms with Gasteiger partial charge in [0.1, 0.15) is 5.83 Å². The standard InChI is InChI=1S/C10H14ClFO2S/c1-6(2)15(13,14)9-5-4-8(12)10(11)7(9)3/h4-7,9H,1-3H3. The van der Waals surface area contributed by atoms with Crippen LogP contribution in [0.3, 0.4) is 0 Å². The molecule has 0 spiro atoms. The van der Waals surface area contributed by atoms with Gasteiger partial charge >= 0.3 is 0 Å². The molecule has 0 saturated heterocycles. The van der Waals surface area contributed by atoms with Gasteiger partial charge in [-0.2, -0.15) is 0 Å². The van der Waals surface area contributed by atoms with Crippen LogP contribution in [-0.2, 0) is 9.84 Å². The Morgan fingerprint density at radius 3 is 2.47 bits per heavy atom. The highest BCUT2D eigenvalue weighted by Gasteiger charge is 2.35. The molecule has 2 nitrogen and oxygen atoms in total. The van der Waals surface area contributed by atoms with Crippen LogP contribution in [0.25, 0.3) is 0 Å². The highest BCUT2D eigenvalue weighted by molar-refractivity contribution is 7.92. The Morgan fingerprint density at radius 2 is 2.00 bits per heavy atom. The monoisotopic (exact) mass is 252 g/mol. The van der Waals surface area contributed by atoms with Crippen LogP contribution >= 0.6 is 11.6 Å². The molecule has 1 aliphatic rings. The maximum atomic E-state index is 13.1. The van der Waals surface area contributed by atoms with Gasteiger partial charge in [-0.1, -0.05) is 24.6 Å². The highest BCUT2D eigenvalue weighted by Crippen LogP contribution is 2.33. The molecule has 1 aliphatic carbocycles. The van der Waals surface area contributed by atoms with E-state index < -0.39 is 32.1 Å². The molecule has 0 radical (unpaired) electrons. The zero-order valence-electron chi connectivity index (χ0n) is 8.87. The lowest BCUT2D eigenvalue weighted by Crippen LogP contribution is -2.33. The van der Waals surface area contributed by atoms with Crippen LogP contribution in [0.5, 0.6) is 0 Å². The fourth-order valence-electron chi connectivity index (χ4n) is 1.50. The Balaban J connectivity index is 3.10. The number of allylic oxidation sites excluding steroid dienone is 3. The topological polar surface area (TPSA) is 34.1 Å². The Morgan fingerprint density at radius 1 is 1.47 bits per heavy atom. The lowest BCUT2D eigenvalue weighted by atomic mass is 10.0. The summed E-state index contributed by atoms with van der Waals surface area (Å²) in [4.78, 5) is 0. The van der Waals surface area contributed by atoms with Crippen LogP contribution in [0.15, 0.2) is 23.0 Å². The molecule has 0 aromatic carbocycles. The lowest BCUT2D eigenvalue weighted by molar-refractivity contribution is 0.551. The molecule has 0 N–H and O–H groups in total. The van der Waals surface area contributed by atoms with Gasteiger partial charge in [-0.25, -0.2) is 12.8 Å². The first kappa shape index (κ1) is 12.7. The Labute approximate surface area is 94.7 Å². The van der Waals surface area contributed by atoms with Crippen molar-refractivity contribution in [3.05, 3.63) is 23.0 Å². The van der Waals surface area contributed by atoms with Crippen molar-refractivity contribution >= 4 is 21.4 Å². The summed E-state index contributed by atoms with van der Waals surface area (Å²) in [5.41, 5.74) is 0. The molecular weight excluding hydrogens is 239 g/mol. The minimum atomic E-state index is -3.28. The molecule has 0 amide bonds. The number of halogens is 2. The molecule has 1 rings (SSSR count). The predicted octanol–water partition coefficient (Wildman–Crippen LogP) is 2.80. The maximum absolute atomic E-state index is 13.1. The van der Waals surface area contributed by atoms with Crippen molar-refractivity contribution in [3.63, 3.8) is 0 Å². The van der Waals surface area contributed by atoms with E-state index >= 15 is 0 Å². The second kappa shape index (κ2) is 4.26. The van der Waals surface area contributed by atoms with E-state index in [9.17, 15) is 12.8 Å². The zero-order chi connectivity index (χ0) is 11.8. The van der Waals surface area contributed by atoms with Crippen molar-refractivity contribution < 1.29 is 12.8 Å². The van der Waals surface area contributed by atoms with Gasteiger partial charge < -0.3 is 0 Å². The van der Waals surface area contributed by atoms with Gasteiger partial charge in [0, 0.05) is 5.92 Å². The van der Waals surface area contributed by atoms with Crippen molar-refractivity contribution in [2.45, 2.75) is 31.3 Å². The molecule has 5 heteroatoms. The first-order valence-corrected chi connectivity index (χ1v) is 6.73. The van der Waals surface area contributed by atoms with E-state index in [0.717, 1.165) is 6.08 Å². The van der Waals surface area contributed by atoms with Crippen molar-refractivity contribution in [1.82, 2.24) is 0 Å². The van der Waals surface area contributed by atoms with E-state index in [1.54, 1.807) is 20.8 Å². The van der Waals surface area contributed by atoms with Crippen LogP contribution in [0, 0.1) is 5.92 Å². The SMILES string of the molecule is CC1C(Cl)=C(F)C=CC1S(=O)(=O)C(C)C. The Kier molecular flexibility index (Phi) is 3.61. The predicted molar refractivity (Wildman–Crippen MR) is 60.1 cm³/mol. The molecule has 15 heavy (non-hydrogen) atoms. The average Bonchev–Trinajstić information content (AvgIpc) is 2.13. The van der Waals surface area contributed by atoms with E-state index in [-0.39, 0.29) is 5.03 Å². The van der Waals surface area contributed by atoms with Crippen molar-refractivity contribution in [2.75, 3.05) is 0 Å². The minimum absolute atomic E-state index is 0.00766. The molecule has 0 bridgehead atoms. The molecule has 0 aromatic heterocycles. The molecule has 0 fully saturated rings. The van der Waals surface area contributed by atoms with Gasteiger partial charge in [0.15, 0.2) is 9.84 Å². The first-order valence-electron chi connectivity index (χ1n) is 4.74. The van der Waals surface area contributed by atoms with Crippen molar-refractivity contribution in [3.8, 4) is 0 Å². The number of sulfone groups is 1. The summed E-state index contributed by atoms with van der Waals surface area (Å²) in [7, 11) is -3.28. The quantitative estimate of drug-likeness (QED) is 0.757. The third-order valence-corrected chi connectivity index (χ3v) is 5.75. The molecule has 0 aliphatic heterocycles. The summed E-state index contributed by atoms with van der Waals surface area (Å²) in [5, 5.41) is -1.21. The smallest absolute Gasteiger partial charge is 0.159 e. The summed E-state index contributed by atoms with van der Waals surface area (Å²) in [6.45, 7) is 4.84. The Hall–Kier alpha value is -0.350. The van der Waals surface area contributed by atoms with Crippen LogP contribution in [0.1, 0.15) is 20.8 Å². The van der Waals surface area contributed by atoms with E-state index in [1.165, 1.54) is 6.08 Å². The summed E-state index contributed by atoms with van der Waals surface area (Å²) in [6, 6.07) is 0. The van der Waals surface area contributed by atoms with E-state index in [2.05, 4.69) is 0 Å². The van der Waals surface area contributed by atoms with Crippen LogP contribution in [0.2, 0.25) is 0 Å². The second-order valence-corrected chi connectivity index (χ2v) is 7.02. The van der Waals surface area contributed by atoms with Gasteiger partial charge in [0.2, 0.25) is 0 Å². The second-order valence-electron chi connectivity index (χ2n) is 3.95. The van der Waals surface area contributed by atoms with Crippen LogP contribution in [0.4, 0.5) is 4.39 Å². The molecule has 0 aromatic rings. The van der Waals surface area contributed by atoms with Gasteiger partial charge in [-0.3, -0.25) is 0 Å². The summed E-state index contributed by atoms with van der Waals surface area (Å²) >= 11 is 5.71. The number of hydrogen-bond donors (Lipinski definition) is 0. The van der Waals surface area contributed by atoms with Gasteiger partial charge in [0.25, 0.3) is 0 Å². The Bertz CT molecular complexity index is 409. The van der Waals surface area contributed by atoms with Crippen LogP contribution in [-0.4, -0.2) is 18.9 Å². The average molecular weight is 253 g/mol. The normalized spacial score (nSPS) is 27.6. The molecular formula is C10H14ClFO2S. The summed E-state index contributed by atoms with van der Waals surface area (Å²) < 4.78 is 36.8. The fourth-order valence-corrected chi connectivity index (χ4v) is 3.40. The van der Waals surface area contributed by atoms with E-state index in [4.69, 9.17) is 11.6 Å². The van der Waals surface area contributed by atoms with Gasteiger partial charge in [-0.05, 0) is 19.9 Å².